The standard InChI is InChI=1S/C6H10N4OS/c11-4-1-7-2-5(4)12-6-8-3-9-10-6/h3-5,7,11H,1-2H2,(H,8,9,10). The third-order valence-corrected chi connectivity index (χ3v) is 2.99. The van der Waals surface area contributed by atoms with E-state index in [2.05, 4.69) is 20.5 Å². The predicted octanol–water partition coefficient (Wildman–Crippen LogP) is -0.771. The minimum Gasteiger partial charge on any atom is -0.391 e. The van der Waals surface area contributed by atoms with Crippen LogP contribution in [0.25, 0.3) is 0 Å². The number of aromatic nitrogens is 3. The summed E-state index contributed by atoms with van der Waals surface area (Å²) in [5.41, 5.74) is 0. The number of hydrogen-bond donors (Lipinski definition) is 3. The average Bonchev–Trinajstić information content (AvgIpc) is 2.65. The third kappa shape index (κ3) is 1.60. The van der Waals surface area contributed by atoms with Crippen LogP contribution in [0.3, 0.4) is 0 Å². The van der Waals surface area contributed by atoms with Crippen molar-refractivity contribution in [2.24, 2.45) is 0 Å². The van der Waals surface area contributed by atoms with Crippen molar-refractivity contribution in [2.45, 2.75) is 16.5 Å². The number of nitrogens with zero attached hydrogens (tertiary/aromatic N) is 2. The molecule has 1 fully saturated rings. The van der Waals surface area contributed by atoms with Gasteiger partial charge >= 0.3 is 0 Å². The molecule has 0 aromatic carbocycles. The highest BCUT2D eigenvalue weighted by atomic mass is 32.2. The molecule has 1 aliphatic heterocycles. The molecule has 1 aromatic heterocycles. The van der Waals surface area contributed by atoms with Crippen LogP contribution in [0.5, 0.6) is 0 Å². The summed E-state index contributed by atoms with van der Waals surface area (Å²) in [6.07, 6.45) is 1.19. The molecule has 0 saturated carbocycles. The summed E-state index contributed by atoms with van der Waals surface area (Å²) in [7, 11) is 0. The van der Waals surface area contributed by atoms with E-state index in [4.69, 9.17) is 0 Å². The third-order valence-electron chi connectivity index (χ3n) is 1.78. The maximum Gasteiger partial charge on any atom is 0.183 e. The van der Waals surface area contributed by atoms with Crippen LogP contribution in [0.15, 0.2) is 11.5 Å². The summed E-state index contributed by atoms with van der Waals surface area (Å²) in [6.45, 7) is 1.50. The normalized spacial score (nSPS) is 29.4. The Kier molecular flexibility index (Phi) is 2.29. The Bertz CT molecular complexity index is 240. The van der Waals surface area contributed by atoms with Gasteiger partial charge in [0.05, 0.1) is 11.4 Å². The fraction of sp³-hybridized carbons (Fsp3) is 0.667. The number of aliphatic hydroxyl groups excluding tert-OH is 1. The lowest BCUT2D eigenvalue weighted by atomic mass is 10.3. The van der Waals surface area contributed by atoms with Gasteiger partial charge in [0.25, 0.3) is 0 Å². The van der Waals surface area contributed by atoms with Crippen LogP contribution in [0.2, 0.25) is 0 Å². The SMILES string of the molecule is OC1CNCC1Sc1ncn[nH]1. The number of H-pyrrole nitrogens is 1. The number of rotatable bonds is 2. The first-order chi connectivity index (χ1) is 5.86. The van der Waals surface area contributed by atoms with Crippen LogP contribution < -0.4 is 5.32 Å². The van der Waals surface area contributed by atoms with E-state index in [1.165, 1.54) is 18.1 Å². The van der Waals surface area contributed by atoms with E-state index in [1.54, 1.807) is 0 Å². The van der Waals surface area contributed by atoms with E-state index >= 15 is 0 Å². The molecule has 12 heavy (non-hydrogen) atoms. The highest BCUT2D eigenvalue weighted by Crippen LogP contribution is 2.23. The molecule has 2 heterocycles. The van der Waals surface area contributed by atoms with Crippen molar-refractivity contribution in [3.05, 3.63) is 6.33 Å². The number of nitrogens with one attached hydrogen (secondary N) is 2. The fourth-order valence-corrected chi connectivity index (χ4v) is 2.11. The summed E-state index contributed by atoms with van der Waals surface area (Å²) >= 11 is 1.52. The number of hydrogen-bond acceptors (Lipinski definition) is 5. The molecule has 1 saturated heterocycles. The molecule has 2 rings (SSSR count). The molecule has 2 unspecified atom stereocenters. The zero-order valence-corrected chi connectivity index (χ0v) is 7.21. The Balaban J connectivity index is 1.95. The monoisotopic (exact) mass is 186 g/mol. The Morgan fingerprint density at radius 3 is 3.08 bits per heavy atom. The molecule has 0 amide bonds. The molecule has 1 aromatic rings. The Hall–Kier alpha value is -0.590. The van der Waals surface area contributed by atoms with E-state index in [9.17, 15) is 5.11 Å². The summed E-state index contributed by atoms with van der Waals surface area (Å²) < 4.78 is 0. The van der Waals surface area contributed by atoms with Crippen molar-refractivity contribution in [3.8, 4) is 0 Å². The van der Waals surface area contributed by atoms with Gasteiger partial charge in [0, 0.05) is 13.1 Å². The molecule has 6 heteroatoms. The minimum absolute atomic E-state index is 0.193. The van der Waals surface area contributed by atoms with Gasteiger partial charge in [-0.2, -0.15) is 5.10 Å². The minimum atomic E-state index is -0.278. The Morgan fingerprint density at radius 2 is 2.50 bits per heavy atom. The van der Waals surface area contributed by atoms with Crippen molar-refractivity contribution >= 4 is 11.8 Å². The Labute approximate surface area is 74.0 Å². The van der Waals surface area contributed by atoms with Crippen LogP contribution in [-0.2, 0) is 0 Å². The topological polar surface area (TPSA) is 73.8 Å². The van der Waals surface area contributed by atoms with Gasteiger partial charge in [-0.3, -0.25) is 5.10 Å². The predicted molar refractivity (Wildman–Crippen MR) is 44.9 cm³/mol. The van der Waals surface area contributed by atoms with Crippen molar-refractivity contribution in [2.75, 3.05) is 13.1 Å². The lowest BCUT2D eigenvalue weighted by Gasteiger charge is -2.09. The van der Waals surface area contributed by atoms with E-state index in [-0.39, 0.29) is 11.4 Å². The zero-order chi connectivity index (χ0) is 8.39. The highest BCUT2D eigenvalue weighted by molar-refractivity contribution is 7.99. The van der Waals surface area contributed by atoms with Crippen LogP contribution in [0.1, 0.15) is 0 Å². The highest BCUT2D eigenvalue weighted by Gasteiger charge is 2.26. The molecule has 1 aliphatic rings. The maximum absolute atomic E-state index is 9.44. The molecule has 5 nitrogen and oxygen atoms in total. The van der Waals surface area contributed by atoms with Crippen molar-refractivity contribution in [1.82, 2.24) is 20.5 Å². The van der Waals surface area contributed by atoms with Crippen molar-refractivity contribution < 1.29 is 5.11 Å². The van der Waals surface area contributed by atoms with Crippen molar-refractivity contribution in [1.29, 1.82) is 0 Å². The molecular weight excluding hydrogens is 176 g/mol. The summed E-state index contributed by atoms with van der Waals surface area (Å²) in [4.78, 5) is 3.97. The van der Waals surface area contributed by atoms with Crippen LogP contribution in [-0.4, -0.2) is 44.7 Å². The first-order valence-corrected chi connectivity index (χ1v) is 4.65. The van der Waals surface area contributed by atoms with E-state index < -0.39 is 0 Å². The van der Waals surface area contributed by atoms with Crippen molar-refractivity contribution in [3.63, 3.8) is 0 Å². The lowest BCUT2D eigenvalue weighted by molar-refractivity contribution is 0.201. The molecule has 0 spiro atoms. The number of aliphatic hydroxyl groups is 1. The first-order valence-electron chi connectivity index (χ1n) is 3.77. The molecule has 66 valence electrons. The van der Waals surface area contributed by atoms with Gasteiger partial charge < -0.3 is 10.4 Å². The van der Waals surface area contributed by atoms with Crippen LogP contribution >= 0.6 is 11.8 Å². The second-order valence-electron chi connectivity index (χ2n) is 2.67. The number of β-amino-alcohol motifs (C(OH)–C–C–N with tert-alkyl or cyclic N) is 1. The largest absolute Gasteiger partial charge is 0.391 e. The Morgan fingerprint density at radius 1 is 1.58 bits per heavy atom. The van der Waals surface area contributed by atoms with Gasteiger partial charge in [0.15, 0.2) is 5.16 Å². The average molecular weight is 186 g/mol. The summed E-state index contributed by atoms with van der Waals surface area (Å²) in [5, 5.41) is 20.0. The lowest BCUT2D eigenvalue weighted by Crippen LogP contribution is -2.20. The summed E-state index contributed by atoms with van der Waals surface area (Å²) in [5.74, 6) is 0. The van der Waals surface area contributed by atoms with Gasteiger partial charge in [-0.05, 0) is 0 Å². The van der Waals surface area contributed by atoms with E-state index in [0.29, 0.717) is 6.54 Å². The van der Waals surface area contributed by atoms with Crippen LogP contribution in [0.4, 0.5) is 0 Å². The van der Waals surface area contributed by atoms with Gasteiger partial charge in [0.2, 0.25) is 0 Å². The van der Waals surface area contributed by atoms with Gasteiger partial charge in [-0.15, -0.1) is 0 Å². The van der Waals surface area contributed by atoms with Gasteiger partial charge in [-0.1, -0.05) is 11.8 Å². The fourth-order valence-electron chi connectivity index (χ4n) is 1.16. The molecule has 0 bridgehead atoms. The van der Waals surface area contributed by atoms with Crippen LogP contribution in [0, 0.1) is 0 Å². The summed E-state index contributed by atoms with van der Waals surface area (Å²) in [6, 6.07) is 0. The molecule has 0 aliphatic carbocycles. The first kappa shape index (κ1) is 8.03. The maximum atomic E-state index is 9.44. The number of thioether (sulfide) groups is 1. The molecule has 2 atom stereocenters. The van der Waals surface area contributed by atoms with Gasteiger partial charge in [-0.25, -0.2) is 4.98 Å². The second-order valence-corrected chi connectivity index (χ2v) is 3.90. The van der Waals surface area contributed by atoms with E-state index in [1.807, 2.05) is 0 Å². The molecule has 3 N–H and O–H groups in total. The molecular formula is C6H10N4OS. The quantitative estimate of drug-likeness (QED) is 0.565. The zero-order valence-electron chi connectivity index (χ0n) is 6.40. The second kappa shape index (κ2) is 3.42. The van der Waals surface area contributed by atoms with Gasteiger partial charge in [0.1, 0.15) is 6.33 Å². The smallest absolute Gasteiger partial charge is 0.183 e. The van der Waals surface area contributed by atoms with E-state index in [0.717, 1.165) is 11.7 Å². The number of aromatic amines is 1. The molecule has 0 radical (unpaired) electrons.